The van der Waals surface area contributed by atoms with Crippen LogP contribution in [-0.4, -0.2) is 15.1 Å². The number of hydrogen-bond acceptors (Lipinski definition) is 4. The maximum Gasteiger partial charge on any atom is 0.231 e. The van der Waals surface area contributed by atoms with Crippen molar-refractivity contribution >= 4 is 22.0 Å². The number of hydrogen-bond donors (Lipinski definition) is 1. The topological polar surface area (TPSA) is 59.2 Å². The fourth-order valence-corrected chi connectivity index (χ4v) is 5.52. The molecule has 41 heavy (non-hydrogen) atoms. The third-order valence-electron chi connectivity index (χ3n) is 7.90. The van der Waals surface area contributed by atoms with E-state index in [-0.39, 0.29) is 16.6 Å². The second-order valence-corrected chi connectivity index (χ2v) is 13.0. The number of oxazole rings is 1. The van der Waals surface area contributed by atoms with Gasteiger partial charge in [-0.25, -0.2) is 4.98 Å². The monoisotopic (exact) mass is 540 g/mol. The number of nitrogens with zero attached hydrogens (tertiary/aromatic N) is 2. The van der Waals surface area contributed by atoms with Gasteiger partial charge < -0.3 is 9.52 Å². The predicted molar refractivity (Wildman–Crippen MR) is 169 cm³/mol. The maximum absolute atomic E-state index is 10.6. The molecule has 2 heterocycles. The first kappa shape index (κ1) is 26.8. The molecule has 0 aliphatic rings. The van der Waals surface area contributed by atoms with Gasteiger partial charge in [0, 0.05) is 28.3 Å². The van der Waals surface area contributed by atoms with Gasteiger partial charge in [0.05, 0.1) is 11.1 Å². The first-order valence-electron chi connectivity index (χ1n) is 14.1. The van der Waals surface area contributed by atoms with Gasteiger partial charge in [-0.3, -0.25) is 4.98 Å². The van der Waals surface area contributed by atoms with Crippen molar-refractivity contribution < 1.29 is 9.52 Å². The highest BCUT2D eigenvalue weighted by molar-refractivity contribution is 5.99. The van der Waals surface area contributed by atoms with Crippen molar-refractivity contribution in [3.63, 3.8) is 0 Å². The van der Waals surface area contributed by atoms with Gasteiger partial charge in [-0.2, -0.15) is 0 Å². The molecule has 0 unspecified atom stereocenters. The Morgan fingerprint density at radius 2 is 1.37 bits per heavy atom. The summed E-state index contributed by atoms with van der Waals surface area (Å²) in [6.07, 6.45) is 1.89. The molecule has 0 saturated carbocycles. The highest BCUT2D eigenvalue weighted by Gasteiger charge is 2.25. The Labute approximate surface area is 241 Å². The first-order chi connectivity index (χ1) is 19.4. The molecule has 1 N–H and O–H groups in total. The van der Waals surface area contributed by atoms with Crippen molar-refractivity contribution in [3.8, 4) is 39.5 Å². The summed E-state index contributed by atoms with van der Waals surface area (Å²) in [7, 11) is 0. The third-order valence-corrected chi connectivity index (χ3v) is 7.90. The van der Waals surface area contributed by atoms with Crippen LogP contribution in [-0.2, 0) is 10.8 Å². The van der Waals surface area contributed by atoms with E-state index >= 15 is 0 Å². The summed E-state index contributed by atoms with van der Waals surface area (Å²) < 4.78 is 6.46. The largest absolute Gasteiger partial charge is 0.507 e. The maximum atomic E-state index is 10.6. The second-order valence-electron chi connectivity index (χ2n) is 13.0. The Morgan fingerprint density at radius 3 is 2.05 bits per heavy atom. The Bertz CT molecular complexity index is 1930. The lowest BCUT2D eigenvalue weighted by molar-refractivity contribution is 0.474. The molecule has 0 spiro atoms. The molecule has 4 heteroatoms. The minimum Gasteiger partial charge on any atom is -0.507 e. The third kappa shape index (κ3) is 4.78. The number of para-hydroxylation sites is 2. The summed E-state index contributed by atoms with van der Waals surface area (Å²) in [5.41, 5.74) is 10.7. The van der Waals surface area contributed by atoms with Gasteiger partial charge >= 0.3 is 0 Å². The Kier molecular flexibility index (Phi) is 6.26. The summed E-state index contributed by atoms with van der Waals surface area (Å²) in [5.74, 6) is 0.561. The molecule has 0 bridgehead atoms. The van der Waals surface area contributed by atoms with E-state index in [0.29, 0.717) is 11.5 Å². The molecule has 2 aromatic heterocycles. The summed E-state index contributed by atoms with van der Waals surface area (Å²) >= 11 is 0. The number of aromatic nitrogens is 2. The number of aromatic hydroxyl groups is 1. The van der Waals surface area contributed by atoms with Crippen molar-refractivity contribution in [2.75, 3.05) is 0 Å². The number of aryl methyl sites for hydroxylation is 1. The van der Waals surface area contributed by atoms with E-state index in [1.54, 1.807) is 12.1 Å². The summed E-state index contributed by atoms with van der Waals surface area (Å²) in [6.45, 7) is 15.4. The van der Waals surface area contributed by atoms with Crippen molar-refractivity contribution in [3.05, 3.63) is 102 Å². The van der Waals surface area contributed by atoms with Crippen molar-refractivity contribution in [1.82, 2.24) is 9.97 Å². The van der Waals surface area contributed by atoms with Crippen molar-refractivity contribution in [2.24, 2.45) is 0 Å². The van der Waals surface area contributed by atoms with Crippen LogP contribution in [0.4, 0.5) is 0 Å². The number of phenolic OH excluding ortho intramolecular Hbond substituents is 1. The smallest absolute Gasteiger partial charge is 0.231 e. The number of phenols is 1. The Morgan fingerprint density at radius 1 is 0.683 bits per heavy atom. The average Bonchev–Trinajstić information content (AvgIpc) is 3.36. The van der Waals surface area contributed by atoms with Gasteiger partial charge in [-0.1, -0.05) is 96.1 Å². The van der Waals surface area contributed by atoms with Gasteiger partial charge in [0.15, 0.2) is 5.58 Å². The highest BCUT2D eigenvalue weighted by atomic mass is 16.4. The normalized spacial score (nSPS) is 12.4. The van der Waals surface area contributed by atoms with Gasteiger partial charge in [-0.05, 0) is 64.3 Å². The van der Waals surface area contributed by atoms with Crippen LogP contribution >= 0.6 is 0 Å². The van der Waals surface area contributed by atoms with E-state index in [1.165, 1.54) is 11.1 Å². The minimum atomic E-state index is -0.156. The quantitative estimate of drug-likeness (QED) is 0.243. The second kappa shape index (κ2) is 9.59. The fourth-order valence-electron chi connectivity index (χ4n) is 5.52. The molecule has 206 valence electrons. The summed E-state index contributed by atoms with van der Waals surface area (Å²) in [4.78, 5) is 9.81. The molecule has 4 aromatic carbocycles. The van der Waals surface area contributed by atoms with E-state index in [9.17, 15) is 5.11 Å². The van der Waals surface area contributed by atoms with Crippen LogP contribution in [0.15, 0.2) is 89.5 Å². The molecule has 0 atom stereocenters. The van der Waals surface area contributed by atoms with Crippen molar-refractivity contribution in [2.45, 2.75) is 59.3 Å². The van der Waals surface area contributed by atoms with Crippen LogP contribution in [0.3, 0.4) is 0 Å². The lowest BCUT2D eigenvalue weighted by Crippen LogP contribution is -2.12. The number of rotatable bonds is 3. The van der Waals surface area contributed by atoms with Gasteiger partial charge in [0.2, 0.25) is 5.89 Å². The van der Waals surface area contributed by atoms with Gasteiger partial charge in [0.1, 0.15) is 11.3 Å². The number of benzene rings is 4. The van der Waals surface area contributed by atoms with E-state index < -0.39 is 0 Å². The minimum absolute atomic E-state index is 0.0754. The zero-order chi connectivity index (χ0) is 29.1. The van der Waals surface area contributed by atoms with E-state index in [4.69, 9.17) is 14.4 Å². The van der Waals surface area contributed by atoms with Gasteiger partial charge in [-0.15, -0.1) is 0 Å². The molecule has 0 aliphatic carbocycles. The van der Waals surface area contributed by atoms with Crippen LogP contribution < -0.4 is 0 Å². The number of pyridine rings is 1. The molecule has 6 aromatic rings. The molecule has 0 fully saturated rings. The molecular weight excluding hydrogens is 504 g/mol. The Balaban J connectivity index is 1.65. The zero-order valence-electron chi connectivity index (χ0n) is 24.8. The van der Waals surface area contributed by atoms with Crippen LogP contribution in [0.2, 0.25) is 0 Å². The lowest BCUT2D eigenvalue weighted by Gasteiger charge is -2.23. The first-order valence-corrected chi connectivity index (χ1v) is 14.1. The predicted octanol–water partition coefficient (Wildman–Crippen LogP) is 9.99. The lowest BCUT2D eigenvalue weighted by atomic mass is 9.82. The van der Waals surface area contributed by atoms with Crippen LogP contribution in [0, 0.1) is 6.92 Å². The van der Waals surface area contributed by atoms with Crippen LogP contribution in [0.25, 0.3) is 55.7 Å². The Hall–Kier alpha value is -4.44. The molecule has 6 rings (SSSR count). The SMILES string of the molecule is Cc1ccnc2c(-c3cc(-c4ccc(C(C)(C)C)c5oc(-c6ccccc6O)nc45)cc(C(C)(C)C)c3)cccc12. The summed E-state index contributed by atoms with van der Waals surface area (Å²) in [5, 5.41) is 11.8. The van der Waals surface area contributed by atoms with E-state index in [2.05, 4.69) is 103 Å². The van der Waals surface area contributed by atoms with Crippen LogP contribution in [0.1, 0.15) is 58.2 Å². The van der Waals surface area contributed by atoms with Crippen LogP contribution in [0.5, 0.6) is 5.75 Å². The average molecular weight is 541 g/mol. The molecule has 0 amide bonds. The molecule has 0 aliphatic heterocycles. The highest BCUT2D eigenvalue weighted by Crippen LogP contribution is 2.42. The standard InChI is InChI=1S/C37H36N2O2/c1-22-17-18-38-32-26(22)12-10-13-27(32)23-19-24(21-25(20-23)36(2,3)4)28-15-16-30(37(5,6)7)34-33(28)39-35(41-34)29-11-8-9-14-31(29)40/h8-21,40H,1-7H3. The van der Waals surface area contributed by atoms with Gasteiger partial charge in [0.25, 0.3) is 0 Å². The zero-order valence-corrected chi connectivity index (χ0v) is 24.8. The molecular formula is C37H36N2O2. The number of fused-ring (bicyclic) bond motifs is 2. The van der Waals surface area contributed by atoms with E-state index in [0.717, 1.165) is 49.8 Å². The summed E-state index contributed by atoms with van der Waals surface area (Å²) in [6, 6.07) is 26.8. The van der Waals surface area contributed by atoms with E-state index in [1.807, 2.05) is 18.3 Å². The molecule has 4 nitrogen and oxygen atoms in total. The van der Waals surface area contributed by atoms with Crippen molar-refractivity contribution in [1.29, 1.82) is 0 Å². The molecule has 0 saturated heterocycles. The fraction of sp³-hybridized carbons (Fsp3) is 0.243. The molecule has 0 radical (unpaired) electrons.